The van der Waals surface area contributed by atoms with Crippen LogP contribution in [0.25, 0.3) is 17.3 Å². The molecule has 0 saturated carbocycles. The third kappa shape index (κ3) is 4.94. The third-order valence-electron chi connectivity index (χ3n) is 5.78. The fourth-order valence-corrected chi connectivity index (χ4v) is 5.78. The number of aromatic hydroxyl groups is 1. The molecule has 6 nitrogen and oxygen atoms in total. The van der Waals surface area contributed by atoms with Gasteiger partial charge in [0.1, 0.15) is 5.75 Å². The summed E-state index contributed by atoms with van der Waals surface area (Å²) in [5.74, 6) is 0.408. The van der Waals surface area contributed by atoms with Crippen LogP contribution in [-0.4, -0.2) is 22.4 Å². The van der Waals surface area contributed by atoms with Gasteiger partial charge in [0.15, 0.2) is 0 Å². The van der Waals surface area contributed by atoms with Crippen LogP contribution >= 0.6 is 11.3 Å². The van der Waals surface area contributed by atoms with Crippen molar-refractivity contribution in [2.75, 3.05) is 5.73 Å². The largest absolute Gasteiger partial charge is 0.507 e. The van der Waals surface area contributed by atoms with E-state index < -0.39 is 0 Å². The van der Waals surface area contributed by atoms with E-state index in [0.717, 1.165) is 29.6 Å². The first-order valence-electron chi connectivity index (χ1n) is 10.4. The van der Waals surface area contributed by atoms with Crippen LogP contribution in [-0.2, 0) is 0 Å². The van der Waals surface area contributed by atoms with Gasteiger partial charge in [-0.2, -0.15) is 0 Å². The Morgan fingerprint density at radius 2 is 1.87 bits per heavy atom. The highest BCUT2D eigenvalue weighted by Gasteiger charge is 2.39. The second-order valence-corrected chi connectivity index (χ2v) is 10.5. The summed E-state index contributed by atoms with van der Waals surface area (Å²) < 4.78 is 0. The zero-order valence-corrected chi connectivity index (χ0v) is 19.4. The summed E-state index contributed by atoms with van der Waals surface area (Å²) in [6, 6.07) is 5.07. The van der Waals surface area contributed by atoms with E-state index >= 15 is 0 Å². The number of hydrogen-bond donors (Lipinski definition) is 6. The Kier molecular flexibility index (Phi) is 6.21. The lowest BCUT2D eigenvalue weighted by atomic mass is 9.73. The van der Waals surface area contributed by atoms with E-state index in [1.807, 2.05) is 6.08 Å². The molecule has 7 heteroatoms. The molecule has 1 saturated heterocycles. The maximum absolute atomic E-state index is 10.5. The van der Waals surface area contributed by atoms with E-state index in [-0.39, 0.29) is 16.8 Å². The summed E-state index contributed by atoms with van der Waals surface area (Å²) in [7, 11) is 0. The van der Waals surface area contributed by atoms with E-state index in [9.17, 15) is 5.11 Å². The maximum atomic E-state index is 10.5. The smallest absolute Gasteiger partial charge is 0.125 e. The number of rotatable bonds is 5. The van der Waals surface area contributed by atoms with Gasteiger partial charge in [-0.1, -0.05) is 6.07 Å². The van der Waals surface area contributed by atoms with Crippen molar-refractivity contribution in [2.45, 2.75) is 57.5 Å². The number of nitrogen functional groups attached to an aromatic ring is 1. The monoisotopic (exact) mass is 439 g/mol. The molecule has 2 heterocycles. The Hall–Kier alpha value is -2.77. The van der Waals surface area contributed by atoms with Crippen molar-refractivity contribution < 1.29 is 5.11 Å². The first kappa shape index (κ1) is 22.9. The SMILES string of the molecule is CC1(C)CC(c2csc(/C=C(\N)c3ccc(/C(C=N)=C/N)cc3O)c2N)CC(C)(C)N1. The van der Waals surface area contributed by atoms with Gasteiger partial charge in [0.25, 0.3) is 0 Å². The van der Waals surface area contributed by atoms with E-state index in [1.54, 1.807) is 29.5 Å². The highest BCUT2D eigenvalue weighted by Crippen LogP contribution is 2.44. The fourth-order valence-electron chi connectivity index (χ4n) is 4.77. The molecule has 1 aliphatic heterocycles. The third-order valence-corrected chi connectivity index (χ3v) is 6.75. The van der Waals surface area contributed by atoms with Gasteiger partial charge < -0.3 is 33.0 Å². The van der Waals surface area contributed by atoms with E-state index in [1.165, 1.54) is 11.8 Å². The predicted molar refractivity (Wildman–Crippen MR) is 133 cm³/mol. The van der Waals surface area contributed by atoms with Crippen molar-refractivity contribution in [3.05, 3.63) is 51.3 Å². The van der Waals surface area contributed by atoms with E-state index in [2.05, 4.69) is 38.4 Å². The molecule has 0 amide bonds. The lowest BCUT2D eigenvalue weighted by Gasteiger charge is -2.46. The molecule has 0 radical (unpaired) electrons. The number of benzene rings is 1. The first-order chi connectivity index (χ1) is 14.5. The van der Waals surface area contributed by atoms with Gasteiger partial charge in [0, 0.05) is 40.3 Å². The number of piperidine rings is 1. The molecule has 0 spiro atoms. The molecular weight excluding hydrogens is 406 g/mol. The Bertz CT molecular complexity index is 1030. The van der Waals surface area contributed by atoms with Crippen LogP contribution < -0.4 is 22.5 Å². The molecular formula is C24H33N5OS. The molecule has 1 fully saturated rings. The van der Waals surface area contributed by atoms with Crippen LogP contribution in [0.4, 0.5) is 5.69 Å². The number of hydrogen-bond acceptors (Lipinski definition) is 7. The molecule has 0 unspecified atom stereocenters. The molecule has 0 atom stereocenters. The van der Waals surface area contributed by atoms with Gasteiger partial charge in [-0.15, -0.1) is 11.3 Å². The molecule has 0 aliphatic carbocycles. The van der Waals surface area contributed by atoms with Crippen LogP contribution in [0.3, 0.4) is 0 Å². The van der Waals surface area contributed by atoms with Gasteiger partial charge in [-0.05, 0) is 81.2 Å². The Labute approximate surface area is 188 Å². The van der Waals surface area contributed by atoms with Crippen molar-refractivity contribution in [1.82, 2.24) is 5.32 Å². The van der Waals surface area contributed by atoms with Crippen molar-refractivity contribution in [1.29, 1.82) is 5.41 Å². The number of nitrogens with one attached hydrogen (secondary N) is 2. The van der Waals surface area contributed by atoms with Crippen LogP contribution in [0.1, 0.15) is 68.0 Å². The standard InChI is InChI=1S/C24H33N5OS/c1-23(2)9-15(10-24(3,4)29-23)18-13-31-21(22(18)28)8-19(27)17-6-5-14(7-20(17)30)16(11-25)12-26/h5-8,11-13,15,25,29-30H,9-10,26-28H2,1-4H3/b16-12+,19-8-,25-11?. The highest BCUT2D eigenvalue weighted by atomic mass is 32.1. The Morgan fingerprint density at radius 1 is 1.23 bits per heavy atom. The van der Waals surface area contributed by atoms with Crippen molar-refractivity contribution in [3.63, 3.8) is 0 Å². The molecule has 31 heavy (non-hydrogen) atoms. The molecule has 3 rings (SSSR count). The van der Waals surface area contributed by atoms with Gasteiger partial charge in [-0.25, -0.2) is 0 Å². The minimum Gasteiger partial charge on any atom is -0.507 e. The van der Waals surface area contributed by atoms with Crippen LogP contribution in [0.2, 0.25) is 0 Å². The van der Waals surface area contributed by atoms with E-state index in [4.69, 9.17) is 22.6 Å². The minimum atomic E-state index is 0.0321. The van der Waals surface area contributed by atoms with E-state index in [0.29, 0.717) is 28.3 Å². The molecule has 1 aromatic carbocycles. The second kappa shape index (κ2) is 8.40. The number of allylic oxidation sites excluding steroid dienone is 1. The summed E-state index contributed by atoms with van der Waals surface area (Å²) in [6.45, 7) is 8.94. The molecule has 1 aliphatic rings. The van der Waals surface area contributed by atoms with Crippen LogP contribution in [0.5, 0.6) is 5.75 Å². The number of phenolic OH excluding ortho intramolecular Hbond substituents is 1. The molecule has 9 N–H and O–H groups in total. The van der Waals surface area contributed by atoms with Crippen LogP contribution in [0.15, 0.2) is 29.8 Å². The van der Waals surface area contributed by atoms with Crippen molar-refractivity contribution >= 4 is 40.6 Å². The average Bonchev–Trinajstić information content (AvgIpc) is 3.00. The van der Waals surface area contributed by atoms with Crippen molar-refractivity contribution in [2.24, 2.45) is 11.5 Å². The predicted octanol–water partition coefficient (Wildman–Crippen LogP) is 4.47. The fraction of sp³-hybridized carbons (Fsp3) is 0.375. The van der Waals surface area contributed by atoms with Gasteiger partial charge in [0.05, 0.1) is 10.6 Å². The summed E-state index contributed by atoms with van der Waals surface area (Å²) in [4.78, 5) is 0.896. The molecule has 2 aromatic rings. The van der Waals surface area contributed by atoms with Crippen molar-refractivity contribution in [3.8, 4) is 5.75 Å². The van der Waals surface area contributed by atoms with Gasteiger partial charge in [0.2, 0.25) is 0 Å². The first-order valence-corrected chi connectivity index (χ1v) is 11.2. The van der Waals surface area contributed by atoms with Crippen LogP contribution in [0, 0.1) is 5.41 Å². The summed E-state index contributed by atoms with van der Waals surface area (Å²) in [6.07, 6.45) is 6.33. The average molecular weight is 440 g/mol. The lowest BCUT2D eigenvalue weighted by molar-refractivity contribution is 0.162. The molecule has 0 bridgehead atoms. The summed E-state index contributed by atoms with van der Waals surface area (Å²) >= 11 is 1.58. The Balaban J connectivity index is 1.90. The van der Waals surface area contributed by atoms with Gasteiger partial charge in [-0.3, -0.25) is 0 Å². The quantitative estimate of drug-likeness (QED) is 0.382. The molecule has 166 valence electrons. The molecule has 1 aromatic heterocycles. The Morgan fingerprint density at radius 3 is 2.42 bits per heavy atom. The second-order valence-electron chi connectivity index (χ2n) is 9.56. The highest BCUT2D eigenvalue weighted by molar-refractivity contribution is 7.11. The summed E-state index contributed by atoms with van der Waals surface area (Å²) in [5.41, 5.74) is 22.5. The number of thiophene rings is 1. The number of phenols is 1. The maximum Gasteiger partial charge on any atom is 0.125 e. The summed E-state index contributed by atoms with van der Waals surface area (Å²) in [5, 5.41) is 23.7. The topological polar surface area (TPSA) is 134 Å². The normalized spacial score (nSPS) is 19.4. The van der Waals surface area contributed by atoms with Gasteiger partial charge >= 0.3 is 0 Å². The number of anilines is 1. The minimum absolute atomic E-state index is 0.0321. The zero-order valence-electron chi connectivity index (χ0n) is 18.6. The number of nitrogens with two attached hydrogens (primary N) is 3. The lowest BCUT2D eigenvalue weighted by Crippen LogP contribution is -2.57. The zero-order chi connectivity index (χ0) is 23.0.